The van der Waals surface area contributed by atoms with E-state index in [2.05, 4.69) is 25.9 Å². The lowest BCUT2D eigenvalue weighted by Gasteiger charge is -2.16. The molecule has 1 amide bonds. The Balaban J connectivity index is 1.78. The second-order valence-electron chi connectivity index (χ2n) is 5.07. The largest absolute Gasteiger partial charge is 0.475 e. The maximum absolute atomic E-state index is 11.6. The van der Waals surface area contributed by atoms with Gasteiger partial charge in [-0.15, -0.1) is 11.6 Å². The maximum Gasteiger partial charge on any atom is 0.224 e. The zero-order valence-electron chi connectivity index (χ0n) is 11.9. The highest BCUT2D eigenvalue weighted by Crippen LogP contribution is 2.26. The fourth-order valence-corrected chi connectivity index (χ4v) is 2.95. The first-order valence-electron chi connectivity index (χ1n) is 7.10. The molecular weight excluding hydrogens is 370 g/mol. The van der Waals surface area contributed by atoms with Gasteiger partial charge < -0.3 is 9.64 Å². The van der Waals surface area contributed by atoms with E-state index in [0.29, 0.717) is 31.3 Å². The zero-order valence-corrected chi connectivity index (χ0v) is 14.2. The number of aromatic nitrogens is 2. The number of hydrogen-bond donors (Lipinski definition) is 0. The number of carbonyl (C=O) groups excluding carboxylic acids is 1. The topological polar surface area (TPSA) is 55.3 Å². The lowest BCUT2D eigenvalue weighted by atomic mass is 10.2. The molecule has 0 bridgehead atoms. The van der Waals surface area contributed by atoms with Gasteiger partial charge in [-0.05, 0) is 24.6 Å². The molecule has 0 saturated carbocycles. The number of fused-ring (bicyclic) bond motifs is 1. The predicted molar refractivity (Wildman–Crippen MR) is 88.1 cm³/mol. The third kappa shape index (κ3) is 3.33. The summed E-state index contributed by atoms with van der Waals surface area (Å²) < 4.78 is 6.73. The van der Waals surface area contributed by atoms with E-state index in [1.54, 1.807) is 0 Å². The van der Waals surface area contributed by atoms with Gasteiger partial charge >= 0.3 is 0 Å². The molecule has 1 saturated heterocycles. The summed E-state index contributed by atoms with van der Waals surface area (Å²) >= 11 is 9.28. The van der Waals surface area contributed by atoms with Crippen molar-refractivity contribution in [3.05, 3.63) is 28.5 Å². The first kappa shape index (κ1) is 15.5. The Kier molecular flexibility index (Phi) is 4.78. The second-order valence-corrected chi connectivity index (χ2v) is 6.26. The summed E-state index contributed by atoms with van der Waals surface area (Å²) in [5.41, 5.74) is 0.785. The van der Waals surface area contributed by atoms with Gasteiger partial charge in [0, 0.05) is 17.4 Å². The van der Waals surface area contributed by atoms with Crippen LogP contribution in [0.3, 0.4) is 0 Å². The molecule has 1 aromatic heterocycles. The van der Waals surface area contributed by atoms with E-state index in [1.165, 1.54) is 0 Å². The summed E-state index contributed by atoms with van der Waals surface area (Å²) in [6, 6.07) is 5.74. The molecule has 1 aromatic carbocycles. The minimum absolute atomic E-state index is 0.196. The molecule has 1 aliphatic rings. The van der Waals surface area contributed by atoms with Gasteiger partial charge in [0.2, 0.25) is 11.8 Å². The number of ether oxygens (including phenoxy) is 1. The number of likely N-dealkylation sites (tertiary alicyclic amines) is 1. The van der Waals surface area contributed by atoms with Crippen LogP contribution in [0.1, 0.15) is 18.7 Å². The van der Waals surface area contributed by atoms with E-state index in [9.17, 15) is 4.79 Å². The SMILES string of the molecule is O=C1CCCN1CCOc1nc(CCl)nc2cc(Br)ccc12. The minimum Gasteiger partial charge on any atom is -0.475 e. The Bertz CT molecular complexity index is 710. The fourth-order valence-electron chi connectivity index (χ4n) is 2.48. The van der Waals surface area contributed by atoms with Crippen molar-refractivity contribution in [2.45, 2.75) is 18.7 Å². The van der Waals surface area contributed by atoms with E-state index in [-0.39, 0.29) is 11.8 Å². The van der Waals surface area contributed by atoms with E-state index in [4.69, 9.17) is 16.3 Å². The van der Waals surface area contributed by atoms with Crippen molar-refractivity contribution in [2.75, 3.05) is 19.7 Å². The van der Waals surface area contributed by atoms with Crippen LogP contribution in [0.2, 0.25) is 0 Å². The second kappa shape index (κ2) is 6.79. The van der Waals surface area contributed by atoms with Crippen molar-refractivity contribution in [1.29, 1.82) is 0 Å². The Morgan fingerprint density at radius 2 is 2.23 bits per heavy atom. The molecule has 0 aliphatic carbocycles. The van der Waals surface area contributed by atoms with Crippen LogP contribution in [0, 0.1) is 0 Å². The number of halogens is 2. The van der Waals surface area contributed by atoms with Crippen LogP contribution in [-0.2, 0) is 10.7 Å². The van der Waals surface area contributed by atoms with Gasteiger partial charge in [-0.1, -0.05) is 15.9 Å². The number of alkyl halides is 1. The molecule has 0 N–H and O–H groups in total. The number of carbonyl (C=O) groups is 1. The van der Waals surface area contributed by atoms with Gasteiger partial charge in [-0.2, -0.15) is 4.98 Å². The molecule has 116 valence electrons. The van der Waals surface area contributed by atoms with Gasteiger partial charge in [0.05, 0.1) is 23.3 Å². The number of nitrogens with zero attached hydrogens (tertiary/aromatic N) is 3. The maximum atomic E-state index is 11.6. The fraction of sp³-hybridized carbons (Fsp3) is 0.400. The molecule has 0 atom stereocenters. The zero-order chi connectivity index (χ0) is 15.5. The average molecular weight is 385 g/mol. The summed E-state index contributed by atoms with van der Waals surface area (Å²) in [5.74, 6) is 1.46. The Hall–Kier alpha value is -1.40. The normalized spacial score (nSPS) is 14.8. The van der Waals surface area contributed by atoms with Crippen LogP contribution in [0.5, 0.6) is 5.88 Å². The molecule has 1 fully saturated rings. The molecule has 2 heterocycles. The third-order valence-electron chi connectivity index (χ3n) is 3.56. The molecule has 5 nitrogen and oxygen atoms in total. The van der Waals surface area contributed by atoms with E-state index >= 15 is 0 Å². The molecule has 0 radical (unpaired) electrons. The van der Waals surface area contributed by atoms with Gasteiger partial charge in [-0.25, -0.2) is 4.98 Å². The Labute approximate surface area is 141 Å². The number of amides is 1. The van der Waals surface area contributed by atoms with Crippen molar-refractivity contribution < 1.29 is 9.53 Å². The smallest absolute Gasteiger partial charge is 0.224 e. The Morgan fingerprint density at radius 1 is 1.36 bits per heavy atom. The third-order valence-corrected chi connectivity index (χ3v) is 4.29. The lowest BCUT2D eigenvalue weighted by molar-refractivity contribution is -0.128. The molecule has 1 aliphatic heterocycles. The predicted octanol–water partition coefficient (Wildman–Crippen LogP) is 3.13. The summed E-state index contributed by atoms with van der Waals surface area (Å²) in [7, 11) is 0. The first-order chi connectivity index (χ1) is 10.7. The molecular formula is C15H15BrClN3O2. The molecule has 2 aromatic rings. The molecule has 22 heavy (non-hydrogen) atoms. The van der Waals surface area contributed by atoms with Crippen LogP contribution < -0.4 is 4.74 Å². The van der Waals surface area contributed by atoms with Crippen LogP contribution in [0.4, 0.5) is 0 Å². The summed E-state index contributed by atoms with van der Waals surface area (Å²) in [6.07, 6.45) is 1.57. The summed E-state index contributed by atoms with van der Waals surface area (Å²) in [4.78, 5) is 22.2. The van der Waals surface area contributed by atoms with Crippen LogP contribution in [0.25, 0.3) is 10.9 Å². The van der Waals surface area contributed by atoms with E-state index in [0.717, 1.165) is 28.3 Å². The average Bonchev–Trinajstić information content (AvgIpc) is 2.92. The molecule has 0 spiro atoms. The van der Waals surface area contributed by atoms with Crippen LogP contribution in [0.15, 0.2) is 22.7 Å². The van der Waals surface area contributed by atoms with Gasteiger partial charge in [-0.3, -0.25) is 4.79 Å². The van der Waals surface area contributed by atoms with Crippen molar-refractivity contribution in [1.82, 2.24) is 14.9 Å². The van der Waals surface area contributed by atoms with Crippen LogP contribution >= 0.6 is 27.5 Å². The number of rotatable bonds is 5. The van der Waals surface area contributed by atoms with E-state index in [1.807, 2.05) is 23.1 Å². The summed E-state index contributed by atoms with van der Waals surface area (Å²) in [5, 5.41) is 0.838. The highest BCUT2D eigenvalue weighted by molar-refractivity contribution is 9.10. The van der Waals surface area contributed by atoms with Crippen molar-refractivity contribution in [3.8, 4) is 5.88 Å². The monoisotopic (exact) mass is 383 g/mol. The molecule has 3 rings (SSSR count). The highest BCUT2D eigenvalue weighted by atomic mass is 79.9. The quantitative estimate of drug-likeness (QED) is 0.743. The lowest BCUT2D eigenvalue weighted by Crippen LogP contribution is -2.29. The van der Waals surface area contributed by atoms with Crippen molar-refractivity contribution in [2.24, 2.45) is 0 Å². The number of benzene rings is 1. The number of hydrogen-bond acceptors (Lipinski definition) is 4. The molecule has 7 heteroatoms. The summed E-state index contributed by atoms with van der Waals surface area (Å²) in [6.45, 7) is 1.80. The first-order valence-corrected chi connectivity index (χ1v) is 8.43. The van der Waals surface area contributed by atoms with Gasteiger partial charge in [0.25, 0.3) is 0 Å². The highest BCUT2D eigenvalue weighted by Gasteiger charge is 2.19. The van der Waals surface area contributed by atoms with Crippen LogP contribution in [-0.4, -0.2) is 40.5 Å². The molecule has 0 unspecified atom stereocenters. The minimum atomic E-state index is 0.196. The van der Waals surface area contributed by atoms with E-state index < -0.39 is 0 Å². The van der Waals surface area contributed by atoms with Gasteiger partial charge in [0.15, 0.2) is 0 Å². The Morgan fingerprint density at radius 3 is 2.95 bits per heavy atom. The van der Waals surface area contributed by atoms with Crippen molar-refractivity contribution >= 4 is 44.3 Å². The van der Waals surface area contributed by atoms with Crippen molar-refractivity contribution in [3.63, 3.8) is 0 Å². The van der Waals surface area contributed by atoms with Gasteiger partial charge in [0.1, 0.15) is 12.4 Å². The standard InChI is InChI=1S/C15H15BrClN3O2/c16-10-3-4-11-12(8-10)18-13(9-17)19-15(11)22-7-6-20-5-1-2-14(20)21/h3-4,8H,1-2,5-7,9H2.